The molecule has 0 spiro atoms. The van der Waals surface area contributed by atoms with E-state index < -0.39 is 0 Å². The van der Waals surface area contributed by atoms with Gasteiger partial charge >= 0.3 is 0 Å². The normalized spacial score (nSPS) is 15.2. The van der Waals surface area contributed by atoms with Crippen LogP contribution in [0.3, 0.4) is 0 Å². The fourth-order valence-electron chi connectivity index (χ4n) is 2.15. The number of rotatable bonds is 3. The van der Waals surface area contributed by atoms with Crippen LogP contribution in [0.5, 0.6) is 0 Å². The van der Waals surface area contributed by atoms with Crippen molar-refractivity contribution < 1.29 is 0 Å². The predicted molar refractivity (Wildman–Crippen MR) is 61.4 cm³/mol. The molecule has 0 heteroatoms. The van der Waals surface area contributed by atoms with Crippen molar-refractivity contribution in [2.24, 2.45) is 0 Å². The number of aryl methyl sites for hydroxylation is 2. The number of hydrogen-bond acceptors (Lipinski definition) is 0. The maximum absolute atomic E-state index is 2.40. The summed E-state index contributed by atoms with van der Waals surface area (Å²) in [7, 11) is 0. The second-order valence-corrected chi connectivity index (χ2v) is 4.23. The molecule has 0 aromatic heterocycles. The first-order valence-electron chi connectivity index (χ1n) is 5.85. The average Bonchev–Trinajstić information content (AvgIpc) is 2.26. The first-order chi connectivity index (χ1) is 6.90. The molecule has 0 atom stereocenters. The minimum absolute atomic E-state index is 1.25. The van der Waals surface area contributed by atoms with Gasteiger partial charge < -0.3 is 0 Å². The summed E-state index contributed by atoms with van der Waals surface area (Å²) in [5, 5.41) is 0. The van der Waals surface area contributed by atoms with E-state index in [2.05, 4.69) is 31.5 Å². The lowest BCUT2D eigenvalue weighted by Gasteiger charge is -2.16. The van der Waals surface area contributed by atoms with Crippen LogP contribution in [-0.2, 0) is 12.8 Å². The third kappa shape index (κ3) is 2.17. The van der Waals surface area contributed by atoms with Gasteiger partial charge in [-0.15, -0.1) is 0 Å². The summed E-state index contributed by atoms with van der Waals surface area (Å²) in [5.41, 5.74) is 4.57. The zero-order chi connectivity index (χ0) is 9.80. The molecule has 0 saturated heterocycles. The molecule has 0 N–H and O–H groups in total. The van der Waals surface area contributed by atoms with Crippen molar-refractivity contribution >= 4 is 0 Å². The van der Waals surface area contributed by atoms with E-state index in [0.29, 0.717) is 0 Å². The summed E-state index contributed by atoms with van der Waals surface area (Å²) in [4.78, 5) is 0. The van der Waals surface area contributed by atoms with Crippen LogP contribution in [0.15, 0.2) is 18.2 Å². The van der Waals surface area contributed by atoms with Gasteiger partial charge in [0.25, 0.3) is 0 Å². The maximum Gasteiger partial charge on any atom is -0.00900 e. The van der Waals surface area contributed by atoms with E-state index >= 15 is 0 Å². The van der Waals surface area contributed by atoms with Crippen molar-refractivity contribution in [3.05, 3.63) is 41.3 Å². The van der Waals surface area contributed by atoms with Crippen LogP contribution in [0.25, 0.3) is 0 Å². The Morgan fingerprint density at radius 1 is 1.29 bits per heavy atom. The maximum atomic E-state index is 2.40. The van der Waals surface area contributed by atoms with Gasteiger partial charge in [0, 0.05) is 0 Å². The Morgan fingerprint density at radius 3 is 3.07 bits per heavy atom. The minimum Gasteiger partial charge on any atom is -0.0654 e. The highest BCUT2D eigenvalue weighted by atomic mass is 14.1. The monoisotopic (exact) mass is 187 g/mol. The predicted octanol–water partition coefficient (Wildman–Crippen LogP) is 3.92. The van der Waals surface area contributed by atoms with Crippen LogP contribution in [-0.4, -0.2) is 0 Å². The lowest BCUT2D eigenvalue weighted by Crippen LogP contribution is -2.01. The second-order valence-electron chi connectivity index (χ2n) is 4.23. The van der Waals surface area contributed by atoms with Gasteiger partial charge in [-0.1, -0.05) is 31.5 Å². The zero-order valence-corrected chi connectivity index (χ0v) is 9.05. The molecule has 75 valence electrons. The quantitative estimate of drug-likeness (QED) is 0.673. The van der Waals surface area contributed by atoms with Crippen molar-refractivity contribution in [2.75, 3.05) is 0 Å². The van der Waals surface area contributed by atoms with Gasteiger partial charge in [-0.2, -0.15) is 0 Å². The molecule has 0 nitrogen and oxygen atoms in total. The van der Waals surface area contributed by atoms with Gasteiger partial charge in [0.1, 0.15) is 0 Å². The van der Waals surface area contributed by atoms with E-state index in [1.165, 1.54) is 49.7 Å². The van der Waals surface area contributed by atoms with E-state index in [1.54, 1.807) is 5.56 Å². The fourth-order valence-corrected chi connectivity index (χ4v) is 2.15. The molecule has 14 heavy (non-hydrogen) atoms. The number of unbranched alkanes of at least 4 members (excludes halogenated alkanes) is 1. The summed E-state index contributed by atoms with van der Waals surface area (Å²) in [6, 6.07) is 7.04. The van der Waals surface area contributed by atoms with Crippen molar-refractivity contribution in [1.82, 2.24) is 0 Å². The zero-order valence-electron chi connectivity index (χ0n) is 9.05. The third-order valence-electron chi connectivity index (χ3n) is 3.04. The van der Waals surface area contributed by atoms with Crippen LogP contribution < -0.4 is 0 Å². The van der Waals surface area contributed by atoms with Gasteiger partial charge in [0.15, 0.2) is 0 Å². The third-order valence-corrected chi connectivity index (χ3v) is 3.04. The lowest BCUT2D eigenvalue weighted by atomic mass is 9.89. The van der Waals surface area contributed by atoms with E-state index in [0.717, 1.165) is 0 Å². The molecule has 1 aromatic rings. The molecular formula is C14H19. The average molecular weight is 187 g/mol. The van der Waals surface area contributed by atoms with Crippen LogP contribution in [0.4, 0.5) is 0 Å². The summed E-state index contributed by atoms with van der Waals surface area (Å²) in [6.07, 6.45) is 10.1. The molecule has 2 rings (SSSR count). The highest BCUT2D eigenvalue weighted by molar-refractivity contribution is 5.38. The van der Waals surface area contributed by atoms with Crippen molar-refractivity contribution in [3.8, 4) is 0 Å². The number of benzene rings is 1. The van der Waals surface area contributed by atoms with Gasteiger partial charge in [-0.25, -0.2) is 0 Å². The number of fused-ring (bicyclic) bond motifs is 1. The molecule has 0 saturated carbocycles. The summed E-state index contributed by atoms with van der Waals surface area (Å²) in [6.45, 7) is 2.25. The van der Waals surface area contributed by atoms with Crippen molar-refractivity contribution in [2.45, 2.75) is 45.4 Å². The van der Waals surface area contributed by atoms with E-state index in [1.807, 2.05) is 0 Å². The van der Waals surface area contributed by atoms with Crippen LogP contribution in [0.2, 0.25) is 0 Å². The van der Waals surface area contributed by atoms with Gasteiger partial charge in [-0.05, 0) is 55.2 Å². The Kier molecular flexibility index (Phi) is 3.23. The van der Waals surface area contributed by atoms with Gasteiger partial charge in [0.2, 0.25) is 0 Å². The molecular weight excluding hydrogens is 168 g/mol. The summed E-state index contributed by atoms with van der Waals surface area (Å²) in [5.74, 6) is 0. The number of hydrogen-bond donors (Lipinski definition) is 0. The summed E-state index contributed by atoms with van der Waals surface area (Å²) < 4.78 is 0. The van der Waals surface area contributed by atoms with E-state index in [9.17, 15) is 0 Å². The molecule has 0 heterocycles. The second kappa shape index (κ2) is 4.63. The smallest absolute Gasteiger partial charge is 0.00900 e. The standard InChI is InChI=1S/C14H19/c1-2-3-6-12-9-10-13-7-4-5-8-14(13)11-12/h8-11H,2-7H2,1H3. The Labute approximate surface area is 87.3 Å². The lowest BCUT2D eigenvalue weighted by molar-refractivity contribution is 0.765. The largest absolute Gasteiger partial charge is 0.0654 e. The Hall–Kier alpha value is -0.780. The molecule has 0 amide bonds. The molecule has 0 bridgehead atoms. The van der Waals surface area contributed by atoms with Crippen molar-refractivity contribution in [1.29, 1.82) is 0 Å². The van der Waals surface area contributed by atoms with E-state index in [-0.39, 0.29) is 0 Å². The molecule has 1 aliphatic carbocycles. The Morgan fingerprint density at radius 2 is 2.21 bits per heavy atom. The van der Waals surface area contributed by atoms with Crippen LogP contribution in [0.1, 0.15) is 49.3 Å². The van der Waals surface area contributed by atoms with Gasteiger partial charge in [-0.3, -0.25) is 0 Å². The highest BCUT2D eigenvalue weighted by Crippen LogP contribution is 2.24. The minimum atomic E-state index is 1.25. The molecule has 1 radical (unpaired) electrons. The fraction of sp³-hybridized carbons (Fsp3) is 0.500. The molecule has 0 unspecified atom stereocenters. The Bertz CT molecular complexity index is 299. The molecule has 0 aliphatic heterocycles. The Balaban J connectivity index is 2.12. The first kappa shape index (κ1) is 9.76. The summed E-state index contributed by atoms with van der Waals surface area (Å²) >= 11 is 0. The van der Waals surface area contributed by atoms with Crippen molar-refractivity contribution in [3.63, 3.8) is 0 Å². The van der Waals surface area contributed by atoms with Crippen LogP contribution in [0, 0.1) is 6.42 Å². The van der Waals surface area contributed by atoms with Crippen LogP contribution >= 0.6 is 0 Å². The first-order valence-corrected chi connectivity index (χ1v) is 5.85. The van der Waals surface area contributed by atoms with Gasteiger partial charge in [0.05, 0.1) is 0 Å². The molecule has 1 aromatic carbocycles. The highest BCUT2D eigenvalue weighted by Gasteiger charge is 2.09. The SMILES string of the molecule is CCCCc1ccc2c(c1)[CH]CCC2. The molecule has 1 aliphatic rings. The molecule has 0 fully saturated rings. The van der Waals surface area contributed by atoms with E-state index in [4.69, 9.17) is 0 Å². The topological polar surface area (TPSA) is 0 Å².